The van der Waals surface area contributed by atoms with Crippen LogP contribution < -0.4 is 0 Å². The zero-order chi connectivity index (χ0) is 15.2. The van der Waals surface area contributed by atoms with Gasteiger partial charge in [-0.25, -0.2) is 0 Å². The zero-order valence-corrected chi connectivity index (χ0v) is 13.9. The maximum Gasteiger partial charge on any atom is 0.183 e. The smallest absolute Gasteiger partial charge is 0.183 e. The number of unbranched alkanes of at least 4 members (excludes halogenated alkanes) is 7. The SMILES string of the molecule is CCCCCCCCCCOC(OCC)c1ccccc1. The first-order valence-corrected chi connectivity index (χ1v) is 8.66. The fourth-order valence-electron chi connectivity index (χ4n) is 2.43. The second-order valence-electron chi connectivity index (χ2n) is 5.54. The molecule has 1 aromatic rings. The highest BCUT2D eigenvalue weighted by Crippen LogP contribution is 2.19. The van der Waals surface area contributed by atoms with Crippen LogP contribution in [0, 0.1) is 0 Å². The van der Waals surface area contributed by atoms with Gasteiger partial charge in [-0.3, -0.25) is 0 Å². The van der Waals surface area contributed by atoms with E-state index in [0.29, 0.717) is 6.61 Å². The summed E-state index contributed by atoms with van der Waals surface area (Å²) in [5.41, 5.74) is 1.11. The third-order valence-electron chi connectivity index (χ3n) is 3.66. The molecule has 0 heterocycles. The third-order valence-corrected chi connectivity index (χ3v) is 3.66. The average Bonchev–Trinajstić information content (AvgIpc) is 2.53. The Kier molecular flexibility index (Phi) is 11.1. The lowest BCUT2D eigenvalue weighted by atomic mass is 10.1. The van der Waals surface area contributed by atoms with Crippen LogP contribution in [-0.4, -0.2) is 13.2 Å². The van der Waals surface area contributed by atoms with Gasteiger partial charge >= 0.3 is 0 Å². The molecule has 0 bridgehead atoms. The molecule has 0 aliphatic heterocycles. The van der Waals surface area contributed by atoms with Crippen molar-refractivity contribution in [1.82, 2.24) is 0 Å². The van der Waals surface area contributed by atoms with Crippen LogP contribution in [0.15, 0.2) is 30.3 Å². The normalized spacial score (nSPS) is 12.5. The van der Waals surface area contributed by atoms with Crippen LogP contribution in [0.2, 0.25) is 0 Å². The molecule has 0 saturated carbocycles. The highest BCUT2D eigenvalue weighted by molar-refractivity contribution is 5.15. The van der Waals surface area contributed by atoms with Crippen molar-refractivity contribution in [2.45, 2.75) is 71.5 Å². The highest BCUT2D eigenvalue weighted by atomic mass is 16.7. The highest BCUT2D eigenvalue weighted by Gasteiger charge is 2.10. The maximum atomic E-state index is 5.89. The van der Waals surface area contributed by atoms with E-state index in [-0.39, 0.29) is 6.29 Å². The predicted octanol–water partition coefficient (Wildman–Crippen LogP) is 5.88. The van der Waals surface area contributed by atoms with Crippen LogP contribution in [0.1, 0.15) is 77.1 Å². The first-order valence-electron chi connectivity index (χ1n) is 8.66. The molecule has 0 amide bonds. The Morgan fingerprint density at radius 2 is 1.38 bits per heavy atom. The summed E-state index contributed by atoms with van der Waals surface area (Å²) in [6, 6.07) is 10.2. The minimum Gasteiger partial charge on any atom is -0.349 e. The van der Waals surface area contributed by atoms with Crippen LogP contribution in [0.3, 0.4) is 0 Å². The molecule has 120 valence electrons. The Bertz CT molecular complexity index is 324. The van der Waals surface area contributed by atoms with E-state index >= 15 is 0 Å². The molecule has 0 spiro atoms. The standard InChI is InChI=1S/C19H32O2/c1-3-5-6-7-8-9-10-14-17-21-19(20-4-2)18-15-12-11-13-16-18/h11-13,15-16,19H,3-10,14,17H2,1-2H3. The Balaban J connectivity index is 2.09. The van der Waals surface area contributed by atoms with Gasteiger partial charge in [-0.15, -0.1) is 0 Å². The number of ether oxygens (including phenoxy) is 2. The molecule has 0 aromatic heterocycles. The minimum absolute atomic E-state index is 0.208. The van der Waals surface area contributed by atoms with Gasteiger partial charge < -0.3 is 9.47 Å². The van der Waals surface area contributed by atoms with Crippen molar-refractivity contribution in [1.29, 1.82) is 0 Å². The first-order chi connectivity index (χ1) is 10.4. The molecule has 0 aliphatic rings. The lowest BCUT2D eigenvalue weighted by Crippen LogP contribution is -2.09. The Labute approximate surface area is 130 Å². The van der Waals surface area contributed by atoms with Gasteiger partial charge in [0.2, 0.25) is 0 Å². The molecule has 1 rings (SSSR count). The van der Waals surface area contributed by atoms with Gasteiger partial charge in [0.25, 0.3) is 0 Å². The molecule has 1 aromatic carbocycles. The summed E-state index contributed by atoms with van der Waals surface area (Å²) in [5, 5.41) is 0. The van der Waals surface area contributed by atoms with Crippen molar-refractivity contribution < 1.29 is 9.47 Å². The number of hydrogen-bond donors (Lipinski definition) is 0. The molecule has 0 aliphatic carbocycles. The van der Waals surface area contributed by atoms with E-state index in [2.05, 4.69) is 19.1 Å². The van der Waals surface area contributed by atoms with E-state index in [1.165, 1.54) is 44.9 Å². The number of hydrogen-bond acceptors (Lipinski definition) is 2. The molecule has 0 N–H and O–H groups in total. The fourth-order valence-corrected chi connectivity index (χ4v) is 2.43. The van der Waals surface area contributed by atoms with Gasteiger partial charge in [-0.05, 0) is 13.3 Å². The van der Waals surface area contributed by atoms with E-state index in [1.807, 2.05) is 25.1 Å². The molecule has 0 fully saturated rings. The average molecular weight is 292 g/mol. The van der Waals surface area contributed by atoms with Crippen LogP contribution >= 0.6 is 0 Å². The summed E-state index contributed by atoms with van der Waals surface area (Å²) in [6.45, 7) is 5.74. The zero-order valence-electron chi connectivity index (χ0n) is 13.9. The summed E-state index contributed by atoms with van der Waals surface area (Å²) in [6.07, 6.45) is 10.4. The maximum absolute atomic E-state index is 5.89. The van der Waals surface area contributed by atoms with Crippen LogP contribution in [-0.2, 0) is 9.47 Å². The molecule has 2 heteroatoms. The molecule has 0 saturated heterocycles. The third kappa shape index (κ3) is 8.90. The van der Waals surface area contributed by atoms with Gasteiger partial charge in [0.1, 0.15) is 0 Å². The topological polar surface area (TPSA) is 18.5 Å². The van der Waals surface area contributed by atoms with Crippen molar-refractivity contribution in [2.24, 2.45) is 0 Å². The second kappa shape index (κ2) is 12.8. The van der Waals surface area contributed by atoms with Gasteiger partial charge in [0, 0.05) is 12.2 Å². The van der Waals surface area contributed by atoms with Gasteiger partial charge in [-0.2, -0.15) is 0 Å². The minimum atomic E-state index is -0.208. The predicted molar refractivity (Wildman–Crippen MR) is 89.4 cm³/mol. The van der Waals surface area contributed by atoms with Gasteiger partial charge in [0.05, 0.1) is 6.61 Å². The quantitative estimate of drug-likeness (QED) is 0.334. The number of rotatable bonds is 13. The summed E-state index contributed by atoms with van der Waals surface area (Å²) in [5.74, 6) is 0. The summed E-state index contributed by atoms with van der Waals surface area (Å²) >= 11 is 0. The van der Waals surface area contributed by atoms with Crippen molar-refractivity contribution >= 4 is 0 Å². The monoisotopic (exact) mass is 292 g/mol. The molecule has 0 radical (unpaired) electrons. The van der Waals surface area contributed by atoms with Crippen molar-refractivity contribution in [2.75, 3.05) is 13.2 Å². The molecule has 1 unspecified atom stereocenters. The van der Waals surface area contributed by atoms with E-state index in [1.54, 1.807) is 0 Å². The largest absolute Gasteiger partial charge is 0.349 e. The van der Waals surface area contributed by atoms with Gasteiger partial charge in [-0.1, -0.05) is 82.2 Å². The lowest BCUT2D eigenvalue weighted by molar-refractivity contribution is -0.144. The van der Waals surface area contributed by atoms with Crippen LogP contribution in [0.4, 0.5) is 0 Å². The Morgan fingerprint density at radius 1 is 0.762 bits per heavy atom. The van der Waals surface area contributed by atoms with Crippen LogP contribution in [0.5, 0.6) is 0 Å². The van der Waals surface area contributed by atoms with Crippen LogP contribution in [0.25, 0.3) is 0 Å². The summed E-state index contributed by atoms with van der Waals surface area (Å²) in [7, 11) is 0. The molecular formula is C19H32O2. The summed E-state index contributed by atoms with van der Waals surface area (Å²) < 4.78 is 11.6. The van der Waals surface area contributed by atoms with E-state index in [4.69, 9.17) is 9.47 Å². The Hall–Kier alpha value is -0.860. The van der Waals surface area contributed by atoms with Crippen molar-refractivity contribution in [3.8, 4) is 0 Å². The summed E-state index contributed by atoms with van der Waals surface area (Å²) in [4.78, 5) is 0. The Morgan fingerprint density at radius 3 is 2.00 bits per heavy atom. The van der Waals surface area contributed by atoms with Crippen molar-refractivity contribution in [3.05, 3.63) is 35.9 Å². The van der Waals surface area contributed by atoms with E-state index in [0.717, 1.165) is 18.6 Å². The fraction of sp³-hybridized carbons (Fsp3) is 0.684. The molecular weight excluding hydrogens is 260 g/mol. The number of benzene rings is 1. The molecule has 21 heavy (non-hydrogen) atoms. The second-order valence-corrected chi connectivity index (χ2v) is 5.54. The van der Waals surface area contributed by atoms with Crippen molar-refractivity contribution in [3.63, 3.8) is 0 Å². The molecule has 2 nitrogen and oxygen atoms in total. The van der Waals surface area contributed by atoms with E-state index < -0.39 is 0 Å². The first kappa shape index (κ1) is 18.2. The molecule has 1 atom stereocenters. The van der Waals surface area contributed by atoms with E-state index in [9.17, 15) is 0 Å². The van der Waals surface area contributed by atoms with Gasteiger partial charge in [0.15, 0.2) is 6.29 Å². The lowest BCUT2D eigenvalue weighted by Gasteiger charge is -2.18.